The fourth-order valence-corrected chi connectivity index (χ4v) is 1.55. The van der Waals surface area contributed by atoms with Gasteiger partial charge in [0, 0.05) is 0 Å². The summed E-state index contributed by atoms with van der Waals surface area (Å²) >= 11 is 0. The number of hydrogen-bond acceptors (Lipinski definition) is 3. The highest BCUT2D eigenvalue weighted by molar-refractivity contribution is 5.92. The lowest BCUT2D eigenvalue weighted by atomic mass is 10.1. The Labute approximate surface area is 107 Å². The number of carbonyl (C=O) groups is 2. The highest BCUT2D eigenvalue weighted by atomic mass is 16.5. The summed E-state index contributed by atoms with van der Waals surface area (Å²) in [7, 11) is 0. The molecule has 0 aliphatic carbocycles. The minimum absolute atomic E-state index is 0.114. The summed E-state index contributed by atoms with van der Waals surface area (Å²) in [5, 5.41) is 8.74. The van der Waals surface area contributed by atoms with E-state index in [0.29, 0.717) is 5.56 Å². The van der Waals surface area contributed by atoms with Gasteiger partial charge < -0.3 is 9.84 Å². The van der Waals surface area contributed by atoms with Gasteiger partial charge in [-0.1, -0.05) is 19.8 Å². The molecule has 0 radical (unpaired) electrons. The van der Waals surface area contributed by atoms with Crippen LogP contribution in [0.5, 0.6) is 0 Å². The van der Waals surface area contributed by atoms with E-state index in [4.69, 9.17) is 9.84 Å². The SMILES string of the molecule is CCCCC(C)OC(=O)c1ccc(C(=O)O)cc1. The smallest absolute Gasteiger partial charge is 0.338 e. The van der Waals surface area contributed by atoms with Crippen molar-refractivity contribution in [3.05, 3.63) is 35.4 Å². The molecule has 0 saturated heterocycles. The predicted octanol–water partition coefficient (Wildman–Crippen LogP) is 3.12. The molecule has 0 amide bonds. The highest BCUT2D eigenvalue weighted by Gasteiger charge is 2.12. The lowest BCUT2D eigenvalue weighted by Gasteiger charge is -2.12. The van der Waals surface area contributed by atoms with Crippen molar-refractivity contribution >= 4 is 11.9 Å². The van der Waals surface area contributed by atoms with E-state index in [-0.39, 0.29) is 11.7 Å². The van der Waals surface area contributed by atoms with Crippen molar-refractivity contribution < 1.29 is 19.4 Å². The normalized spacial score (nSPS) is 11.9. The van der Waals surface area contributed by atoms with E-state index in [9.17, 15) is 9.59 Å². The number of benzene rings is 1. The number of esters is 1. The quantitative estimate of drug-likeness (QED) is 0.788. The van der Waals surface area contributed by atoms with Gasteiger partial charge in [-0.15, -0.1) is 0 Å². The number of ether oxygens (including phenoxy) is 1. The van der Waals surface area contributed by atoms with Crippen LogP contribution in [0.15, 0.2) is 24.3 Å². The number of rotatable bonds is 6. The number of unbranched alkanes of at least 4 members (excludes halogenated alkanes) is 1. The molecule has 0 aromatic heterocycles. The largest absolute Gasteiger partial charge is 0.478 e. The second-order valence-electron chi connectivity index (χ2n) is 4.24. The first-order chi connectivity index (χ1) is 8.54. The van der Waals surface area contributed by atoms with Crippen molar-refractivity contribution in [2.24, 2.45) is 0 Å². The lowest BCUT2D eigenvalue weighted by Crippen LogP contribution is -2.15. The Hall–Kier alpha value is -1.84. The Bertz CT molecular complexity index is 408. The Morgan fingerprint density at radius 2 is 1.78 bits per heavy atom. The third kappa shape index (κ3) is 4.20. The van der Waals surface area contributed by atoms with Crippen molar-refractivity contribution in [1.29, 1.82) is 0 Å². The summed E-state index contributed by atoms with van der Waals surface area (Å²) in [6, 6.07) is 5.74. The van der Waals surface area contributed by atoms with Crippen molar-refractivity contribution in [3.63, 3.8) is 0 Å². The molecule has 1 unspecified atom stereocenters. The van der Waals surface area contributed by atoms with Gasteiger partial charge in [0.1, 0.15) is 0 Å². The molecule has 1 aromatic rings. The molecule has 18 heavy (non-hydrogen) atoms. The zero-order valence-corrected chi connectivity index (χ0v) is 10.7. The average molecular weight is 250 g/mol. The summed E-state index contributed by atoms with van der Waals surface area (Å²) < 4.78 is 5.25. The minimum Gasteiger partial charge on any atom is -0.478 e. The van der Waals surface area contributed by atoms with Gasteiger partial charge in [0.05, 0.1) is 17.2 Å². The van der Waals surface area contributed by atoms with E-state index in [1.807, 2.05) is 6.92 Å². The Morgan fingerprint density at radius 3 is 2.28 bits per heavy atom. The highest BCUT2D eigenvalue weighted by Crippen LogP contribution is 2.10. The molecule has 4 heteroatoms. The first kappa shape index (κ1) is 14.2. The van der Waals surface area contributed by atoms with Gasteiger partial charge in [0.15, 0.2) is 0 Å². The van der Waals surface area contributed by atoms with Crippen LogP contribution in [-0.4, -0.2) is 23.1 Å². The van der Waals surface area contributed by atoms with Crippen LogP contribution in [0.3, 0.4) is 0 Å². The predicted molar refractivity (Wildman–Crippen MR) is 67.8 cm³/mol. The Kier molecular flexibility index (Phi) is 5.36. The van der Waals surface area contributed by atoms with Gasteiger partial charge in [-0.2, -0.15) is 0 Å². The summed E-state index contributed by atoms with van der Waals surface area (Å²) in [5.74, 6) is -1.42. The van der Waals surface area contributed by atoms with Crippen LogP contribution in [0.25, 0.3) is 0 Å². The molecule has 0 saturated carbocycles. The van der Waals surface area contributed by atoms with E-state index in [0.717, 1.165) is 19.3 Å². The van der Waals surface area contributed by atoms with Gasteiger partial charge in [-0.3, -0.25) is 0 Å². The van der Waals surface area contributed by atoms with E-state index in [2.05, 4.69) is 6.92 Å². The first-order valence-corrected chi connectivity index (χ1v) is 6.09. The van der Waals surface area contributed by atoms with Crippen LogP contribution in [0.1, 0.15) is 53.8 Å². The fraction of sp³-hybridized carbons (Fsp3) is 0.429. The lowest BCUT2D eigenvalue weighted by molar-refractivity contribution is 0.0319. The van der Waals surface area contributed by atoms with Crippen molar-refractivity contribution in [3.8, 4) is 0 Å². The van der Waals surface area contributed by atoms with Crippen LogP contribution in [0.4, 0.5) is 0 Å². The second kappa shape index (κ2) is 6.79. The zero-order valence-electron chi connectivity index (χ0n) is 10.7. The number of carboxylic acid groups (broad SMARTS) is 1. The summed E-state index contributed by atoms with van der Waals surface area (Å²) in [5.41, 5.74) is 0.536. The van der Waals surface area contributed by atoms with Crippen LogP contribution in [0, 0.1) is 0 Å². The third-order valence-corrected chi connectivity index (χ3v) is 2.64. The molecule has 0 heterocycles. The van der Waals surface area contributed by atoms with Gasteiger partial charge in [-0.05, 0) is 37.6 Å². The monoisotopic (exact) mass is 250 g/mol. The Balaban J connectivity index is 2.58. The molecular formula is C14H18O4. The number of aromatic carboxylic acids is 1. The standard InChI is InChI=1S/C14H18O4/c1-3-4-5-10(2)18-14(17)12-8-6-11(7-9-12)13(15)16/h6-10H,3-5H2,1-2H3,(H,15,16). The molecule has 0 aliphatic rings. The van der Waals surface area contributed by atoms with Crippen molar-refractivity contribution in [1.82, 2.24) is 0 Å². The maximum absolute atomic E-state index is 11.7. The topological polar surface area (TPSA) is 63.6 Å². The molecule has 0 bridgehead atoms. The summed E-state index contributed by atoms with van der Waals surface area (Å²) in [4.78, 5) is 22.4. The molecule has 1 N–H and O–H groups in total. The van der Waals surface area contributed by atoms with Crippen molar-refractivity contribution in [2.75, 3.05) is 0 Å². The van der Waals surface area contributed by atoms with Gasteiger partial charge in [-0.25, -0.2) is 9.59 Å². The molecule has 98 valence electrons. The maximum Gasteiger partial charge on any atom is 0.338 e. The van der Waals surface area contributed by atoms with Crippen LogP contribution >= 0.6 is 0 Å². The van der Waals surface area contributed by atoms with Crippen LogP contribution < -0.4 is 0 Å². The van der Waals surface area contributed by atoms with E-state index < -0.39 is 11.9 Å². The van der Waals surface area contributed by atoms with Crippen LogP contribution in [0.2, 0.25) is 0 Å². The molecule has 0 fully saturated rings. The maximum atomic E-state index is 11.7. The molecule has 0 spiro atoms. The second-order valence-corrected chi connectivity index (χ2v) is 4.24. The number of carboxylic acids is 1. The van der Waals surface area contributed by atoms with E-state index >= 15 is 0 Å². The molecule has 1 aromatic carbocycles. The molecule has 0 aliphatic heterocycles. The fourth-order valence-electron chi connectivity index (χ4n) is 1.55. The van der Waals surface area contributed by atoms with Gasteiger partial charge in [0.2, 0.25) is 0 Å². The summed E-state index contributed by atoms with van der Waals surface area (Å²) in [6.45, 7) is 3.94. The van der Waals surface area contributed by atoms with Gasteiger partial charge >= 0.3 is 11.9 Å². The molecule has 1 atom stereocenters. The zero-order chi connectivity index (χ0) is 13.5. The van der Waals surface area contributed by atoms with E-state index in [1.165, 1.54) is 24.3 Å². The van der Waals surface area contributed by atoms with Crippen molar-refractivity contribution in [2.45, 2.75) is 39.2 Å². The summed E-state index contributed by atoms with van der Waals surface area (Å²) in [6.07, 6.45) is 2.81. The first-order valence-electron chi connectivity index (χ1n) is 6.09. The third-order valence-electron chi connectivity index (χ3n) is 2.64. The molecule has 4 nitrogen and oxygen atoms in total. The van der Waals surface area contributed by atoms with Gasteiger partial charge in [0.25, 0.3) is 0 Å². The van der Waals surface area contributed by atoms with E-state index in [1.54, 1.807) is 0 Å². The number of carbonyl (C=O) groups excluding carboxylic acids is 1. The Morgan fingerprint density at radius 1 is 1.22 bits per heavy atom. The molecular weight excluding hydrogens is 232 g/mol. The van der Waals surface area contributed by atoms with Crippen LogP contribution in [-0.2, 0) is 4.74 Å². The number of hydrogen-bond donors (Lipinski definition) is 1. The molecule has 1 rings (SSSR count). The average Bonchev–Trinajstić information content (AvgIpc) is 2.36. The minimum atomic E-state index is -1.01.